The van der Waals surface area contributed by atoms with Crippen molar-refractivity contribution in [2.75, 3.05) is 24.4 Å². The summed E-state index contributed by atoms with van der Waals surface area (Å²) in [6, 6.07) is 5.49. The van der Waals surface area contributed by atoms with E-state index in [9.17, 15) is 18.0 Å². The van der Waals surface area contributed by atoms with Crippen molar-refractivity contribution < 1.29 is 8.42 Å². The van der Waals surface area contributed by atoms with Gasteiger partial charge in [0.15, 0.2) is 4.90 Å². The molecule has 0 radical (unpaired) electrons. The molecule has 3 heterocycles. The highest BCUT2D eigenvalue weighted by atomic mass is 35.5. The van der Waals surface area contributed by atoms with Crippen molar-refractivity contribution in [3.8, 4) is 0 Å². The molecule has 2 N–H and O–H groups in total. The van der Waals surface area contributed by atoms with Gasteiger partial charge in [0.2, 0.25) is 0 Å². The van der Waals surface area contributed by atoms with Crippen LogP contribution in [0, 0.1) is 13.8 Å². The second kappa shape index (κ2) is 7.06. The third-order valence-electron chi connectivity index (χ3n) is 5.49. The van der Waals surface area contributed by atoms with Gasteiger partial charge in [-0.15, -0.1) is 12.4 Å². The first-order valence-electron chi connectivity index (χ1n) is 8.87. The van der Waals surface area contributed by atoms with Gasteiger partial charge < -0.3 is 9.88 Å². The van der Waals surface area contributed by atoms with Crippen molar-refractivity contribution in [2.24, 2.45) is 0 Å². The molecule has 2 atom stereocenters. The first-order chi connectivity index (χ1) is 12.7. The number of aromatic amines is 2. The largest absolute Gasteiger partial charge is 0.325 e. The minimum atomic E-state index is -4.13. The van der Waals surface area contributed by atoms with Crippen LogP contribution in [0.15, 0.2) is 32.7 Å². The van der Waals surface area contributed by atoms with E-state index in [-0.39, 0.29) is 30.1 Å². The monoisotopic (exact) mass is 426 g/mol. The van der Waals surface area contributed by atoms with E-state index in [1.807, 2.05) is 37.2 Å². The number of sulfonamides is 1. The standard InChI is InChI=1S/C18H22N4O4S.ClH/c1-10-4-5-14-12(8-10)13-9-21(3)7-6-15(13)22(14)27(25,26)16-11(2)19-18(24)20-17(16)23;/h4-5,8,13,15H,6-7,9H2,1-3H3,(H2,19,20,23,24);1H/t13-,15-;/m0./s1. The number of aryl methyl sites for hydroxylation is 2. The van der Waals surface area contributed by atoms with E-state index in [0.717, 1.165) is 24.2 Å². The number of nitrogens with one attached hydrogen (secondary N) is 2. The molecule has 2 aliphatic rings. The summed E-state index contributed by atoms with van der Waals surface area (Å²) in [7, 11) is -2.10. The van der Waals surface area contributed by atoms with Gasteiger partial charge in [-0.3, -0.25) is 14.1 Å². The number of aromatic nitrogens is 2. The Morgan fingerprint density at radius 3 is 2.54 bits per heavy atom. The topological polar surface area (TPSA) is 106 Å². The predicted molar refractivity (Wildman–Crippen MR) is 109 cm³/mol. The summed E-state index contributed by atoms with van der Waals surface area (Å²) in [5.74, 6) is 0.0515. The highest BCUT2D eigenvalue weighted by Crippen LogP contribution is 2.47. The quantitative estimate of drug-likeness (QED) is 0.747. The maximum atomic E-state index is 13.5. The van der Waals surface area contributed by atoms with Crippen molar-refractivity contribution in [1.82, 2.24) is 14.9 Å². The highest BCUT2D eigenvalue weighted by Gasteiger charge is 2.47. The third kappa shape index (κ3) is 3.07. The minimum absolute atomic E-state index is 0. The Bertz CT molecular complexity index is 1140. The summed E-state index contributed by atoms with van der Waals surface area (Å²) in [5, 5.41) is 0. The summed E-state index contributed by atoms with van der Waals surface area (Å²) >= 11 is 0. The Labute approximate surface area is 169 Å². The summed E-state index contributed by atoms with van der Waals surface area (Å²) in [6.45, 7) is 4.95. The molecule has 0 amide bonds. The number of likely N-dealkylation sites (N-methyl/N-ethyl adjacent to an activating group) is 1. The molecular formula is C18H23ClN4O4S. The molecule has 10 heteroatoms. The molecule has 0 aliphatic carbocycles. The second-order valence-electron chi connectivity index (χ2n) is 7.45. The average molecular weight is 427 g/mol. The normalized spacial score (nSPS) is 21.8. The van der Waals surface area contributed by atoms with Gasteiger partial charge in [0.1, 0.15) is 0 Å². The number of anilines is 1. The van der Waals surface area contributed by atoms with Gasteiger partial charge >= 0.3 is 5.69 Å². The fourth-order valence-electron chi connectivity index (χ4n) is 4.34. The lowest BCUT2D eigenvalue weighted by molar-refractivity contribution is 0.237. The van der Waals surface area contributed by atoms with Gasteiger partial charge in [-0.2, -0.15) is 0 Å². The summed E-state index contributed by atoms with van der Waals surface area (Å²) < 4.78 is 28.5. The van der Waals surface area contributed by atoms with Crippen LogP contribution >= 0.6 is 12.4 Å². The van der Waals surface area contributed by atoms with E-state index >= 15 is 0 Å². The molecule has 1 aromatic carbocycles. The van der Waals surface area contributed by atoms with Crippen LogP contribution in [0.25, 0.3) is 0 Å². The van der Waals surface area contributed by atoms with Crippen molar-refractivity contribution in [3.05, 3.63) is 55.9 Å². The summed E-state index contributed by atoms with van der Waals surface area (Å²) in [5.41, 5.74) is 1.13. The molecule has 1 aromatic heterocycles. The zero-order chi connectivity index (χ0) is 19.5. The molecule has 0 unspecified atom stereocenters. The Morgan fingerprint density at radius 1 is 1.14 bits per heavy atom. The van der Waals surface area contributed by atoms with Gasteiger partial charge in [-0.05, 0) is 45.5 Å². The van der Waals surface area contributed by atoms with Crippen molar-refractivity contribution >= 4 is 28.1 Å². The number of likely N-dealkylation sites (tertiary alicyclic amines) is 1. The Hall–Kier alpha value is -2.10. The van der Waals surface area contributed by atoms with Gasteiger partial charge in [0.05, 0.1) is 11.7 Å². The number of benzene rings is 1. The SMILES string of the molecule is Cc1ccc2c(c1)[C@@H]1CN(C)CC[C@@H]1N2S(=O)(=O)c1c(C)[nH]c(=O)[nH]c1=O.Cl. The maximum absolute atomic E-state index is 13.5. The molecule has 0 bridgehead atoms. The molecular weight excluding hydrogens is 404 g/mol. The fourth-order valence-corrected chi connectivity index (χ4v) is 6.30. The van der Waals surface area contributed by atoms with Gasteiger partial charge in [0, 0.05) is 18.2 Å². The third-order valence-corrected chi connectivity index (χ3v) is 7.49. The van der Waals surface area contributed by atoms with E-state index in [4.69, 9.17) is 0 Å². The molecule has 8 nitrogen and oxygen atoms in total. The smallest absolute Gasteiger partial charge is 0.310 e. The lowest BCUT2D eigenvalue weighted by Crippen LogP contribution is -2.48. The van der Waals surface area contributed by atoms with Crippen LogP contribution < -0.4 is 15.6 Å². The van der Waals surface area contributed by atoms with E-state index in [2.05, 4.69) is 9.88 Å². The van der Waals surface area contributed by atoms with Crippen LogP contribution in [0.4, 0.5) is 5.69 Å². The predicted octanol–water partition coefficient (Wildman–Crippen LogP) is 1.10. The molecule has 2 aromatic rings. The molecule has 0 saturated carbocycles. The van der Waals surface area contributed by atoms with Crippen molar-refractivity contribution in [2.45, 2.75) is 37.1 Å². The number of nitrogens with zero attached hydrogens (tertiary/aromatic N) is 2. The van der Waals surface area contributed by atoms with Gasteiger partial charge in [-0.1, -0.05) is 17.7 Å². The molecule has 2 aliphatic heterocycles. The first-order valence-corrected chi connectivity index (χ1v) is 10.3. The Morgan fingerprint density at radius 2 is 1.86 bits per heavy atom. The number of halogens is 1. The maximum Gasteiger partial charge on any atom is 0.325 e. The van der Waals surface area contributed by atoms with E-state index in [0.29, 0.717) is 12.1 Å². The summed E-state index contributed by atoms with van der Waals surface area (Å²) in [6.07, 6.45) is 0.675. The van der Waals surface area contributed by atoms with Crippen molar-refractivity contribution in [1.29, 1.82) is 0 Å². The van der Waals surface area contributed by atoms with Crippen molar-refractivity contribution in [3.63, 3.8) is 0 Å². The summed E-state index contributed by atoms with van der Waals surface area (Å²) in [4.78, 5) is 30.1. The lowest BCUT2D eigenvalue weighted by atomic mass is 9.89. The number of hydrogen-bond acceptors (Lipinski definition) is 5. The fraction of sp³-hybridized carbons (Fsp3) is 0.444. The molecule has 28 heavy (non-hydrogen) atoms. The minimum Gasteiger partial charge on any atom is -0.310 e. The lowest BCUT2D eigenvalue weighted by Gasteiger charge is -2.36. The van der Waals surface area contributed by atoms with Crippen LogP contribution in [0.2, 0.25) is 0 Å². The number of fused-ring (bicyclic) bond motifs is 3. The van der Waals surface area contributed by atoms with Crippen LogP contribution in [0.1, 0.15) is 29.2 Å². The van der Waals surface area contributed by atoms with Crippen LogP contribution in [0.3, 0.4) is 0 Å². The second-order valence-corrected chi connectivity index (χ2v) is 9.20. The Kier molecular flexibility index (Phi) is 5.20. The number of rotatable bonds is 2. The van der Waals surface area contributed by atoms with Gasteiger partial charge in [0.25, 0.3) is 15.6 Å². The Balaban J connectivity index is 0.00000225. The van der Waals surface area contributed by atoms with E-state index in [1.165, 1.54) is 11.2 Å². The first kappa shape index (κ1) is 20.6. The molecule has 4 rings (SSSR count). The number of H-pyrrole nitrogens is 2. The number of hydrogen-bond donors (Lipinski definition) is 2. The molecule has 1 fully saturated rings. The van der Waals surface area contributed by atoms with Crippen LogP contribution in [-0.2, 0) is 10.0 Å². The number of piperidine rings is 1. The van der Waals surface area contributed by atoms with E-state index < -0.39 is 26.2 Å². The zero-order valence-corrected chi connectivity index (χ0v) is 17.5. The zero-order valence-electron chi connectivity index (χ0n) is 15.9. The van der Waals surface area contributed by atoms with E-state index in [1.54, 1.807) is 0 Å². The molecule has 152 valence electrons. The molecule has 1 saturated heterocycles. The average Bonchev–Trinajstić information content (AvgIpc) is 2.87. The van der Waals surface area contributed by atoms with Crippen LogP contribution in [0.5, 0.6) is 0 Å². The van der Waals surface area contributed by atoms with Crippen LogP contribution in [-0.4, -0.2) is 49.5 Å². The highest BCUT2D eigenvalue weighted by molar-refractivity contribution is 7.93. The molecule has 0 spiro atoms. The van der Waals surface area contributed by atoms with Gasteiger partial charge in [-0.25, -0.2) is 13.2 Å².